The minimum atomic E-state index is 0.459. The van der Waals surface area contributed by atoms with Gasteiger partial charge >= 0.3 is 0 Å². The molecule has 2 nitrogen and oxygen atoms in total. The van der Waals surface area contributed by atoms with Gasteiger partial charge in [0.25, 0.3) is 0 Å². The number of aromatic nitrogens is 2. The topological polar surface area (TPSA) is 17.8 Å². The Morgan fingerprint density at radius 2 is 2.40 bits per heavy atom. The van der Waals surface area contributed by atoms with E-state index in [4.69, 9.17) is 0 Å². The fourth-order valence-corrected chi connectivity index (χ4v) is 0.789. The molecule has 1 radical (unpaired) electrons. The van der Waals surface area contributed by atoms with E-state index in [0.29, 0.717) is 6.04 Å². The molecule has 0 atom stereocenters. The van der Waals surface area contributed by atoms with E-state index in [-0.39, 0.29) is 0 Å². The van der Waals surface area contributed by atoms with Gasteiger partial charge in [-0.2, -0.15) is 5.10 Å². The SMILES string of the molecule is [CH2]Cc1cnn(C(C)C)c1. The van der Waals surface area contributed by atoms with Crippen LogP contribution in [-0.2, 0) is 6.42 Å². The fourth-order valence-electron chi connectivity index (χ4n) is 0.789. The zero-order chi connectivity index (χ0) is 7.56. The summed E-state index contributed by atoms with van der Waals surface area (Å²) in [5.74, 6) is 0. The molecule has 0 aliphatic heterocycles. The van der Waals surface area contributed by atoms with Crippen LogP contribution in [-0.4, -0.2) is 9.78 Å². The predicted molar refractivity (Wildman–Crippen MR) is 41.7 cm³/mol. The highest BCUT2D eigenvalue weighted by molar-refractivity contribution is 5.04. The second-order valence-electron chi connectivity index (χ2n) is 2.67. The summed E-state index contributed by atoms with van der Waals surface area (Å²) in [7, 11) is 0. The molecular weight excluding hydrogens is 124 g/mol. The molecule has 1 rings (SSSR count). The fraction of sp³-hybridized carbons (Fsp3) is 0.500. The molecule has 1 aromatic rings. The van der Waals surface area contributed by atoms with Gasteiger partial charge < -0.3 is 0 Å². The van der Waals surface area contributed by atoms with Gasteiger partial charge in [0.05, 0.1) is 6.20 Å². The minimum absolute atomic E-state index is 0.459. The predicted octanol–water partition coefficient (Wildman–Crippen LogP) is 1.84. The van der Waals surface area contributed by atoms with Crippen LogP contribution in [0.1, 0.15) is 25.5 Å². The number of hydrogen-bond acceptors (Lipinski definition) is 1. The highest BCUT2D eigenvalue weighted by atomic mass is 15.3. The Morgan fingerprint density at radius 3 is 2.70 bits per heavy atom. The summed E-state index contributed by atoms with van der Waals surface area (Å²) in [5.41, 5.74) is 1.20. The molecule has 0 aliphatic carbocycles. The van der Waals surface area contributed by atoms with Crippen molar-refractivity contribution in [2.24, 2.45) is 0 Å². The van der Waals surface area contributed by atoms with Gasteiger partial charge in [-0.15, -0.1) is 0 Å². The lowest BCUT2D eigenvalue weighted by Crippen LogP contribution is -1.99. The summed E-state index contributed by atoms with van der Waals surface area (Å²) >= 11 is 0. The normalized spacial score (nSPS) is 10.8. The lowest BCUT2D eigenvalue weighted by molar-refractivity contribution is 0.532. The molecule has 2 heteroatoms. The molecule has 10 heavy (non-hydrogen) atoms. The van der Waals surface area contributed by atoms with Crippen LogP contribution in [0.3, 0.4) is 0 Å². The molecule has 0 spiro atoms. The van der Waals surface area contributed by atoms with E-state index in [1.807, 2.05) is 17.1 Å². The van der Waals surface area contributed by atoms with Crippen molar-refractivity contribution < 1.29 is 0 Å². The third-order valence-electron chi connectivity index (χ3n) is 1.47. The van der Waals surface area contributed by atoms with Crippen molar-refractivity contribution in [1.82, 2.24) is 9.78 Å². The lowest BCUT2D eigenvalue weighted by Gasteiger charge is -2.02. The summed E-state index contributed by atoms with van der Waals surface area (Å²) in [6.45, 7) is 8.00. The maximum Gasteiger partial charge on any atom is 0.0521 e. The minimum Gasteiger partial charge on any atom is -0.270 e. The Bertz CT molecular complexity index is 201. The molecule has 0 amide bonds. The summed E-state index contributed by atoms with van der Waals surface area (Å²) in [5, 5.41) is 4.16. The summed E-state index contributed by atoms with van der Waals surface area (Å²) in [4.78, 5) is 0. The van der Waals surface area contributed by atoms with Gasteiger partial charge in [-0.25, -0.2) is 0 Å². The van der Waals surface area contributed by atoms with Crippen LogP contribution < -0.4 is 0 Å². The van der Waals surface area contributed by atoms with Crippen LogP contribution in [0.15, 0.2) is 12.4 Å². The third-order valence-corrected chi connectivity index (χ3v) is 1.47. The molecule has 1 aromatic heterocycles. The second-order valence-corrected chi connectivity index (χ2v) is 2.67. The van der Waals surface area contributed by atoms with Crippen LogP contribution in [0, 0.1) is 6.92 Å². The first-order valence-corrected chi connectivity index (χ1v) is 3.56. The molecule has 0 fully saturated rings. The summed E-state index contributed by atoms with van der Waals surface area (Å²) in [6.07, 6.45) is 4.73. The molecule has 0 N–H and O–H groups in total. The Hall–Kier alpha value is -0.790. The maximum absolute atomic E-state index is 4.16. The number of hydrogen-bond donors (Lipinski definition) is 0. The third kappa shape index (κ3) is 1.38. The second kappa shape index (κ2) is 2.86. The maximum atomic E-state index is 4.16. The van der Waals surface area contributed by atoms with Crippen molar-refractivity contribution in [2.75, 3.05) is 0 Å². The first kappa shape index (κ1) is 7.32. The van der Waals surface area contributed by atoms with Crippen LogP contribution in [0.5, 0.6) is 0 Å². The molecule has 0 bridgehead atoms. The Kier molecular flexibility index (Phi) is 2.10. The zero-order valence-electron chi connectivity index (χ0n) is 6.54. The molecule has 55 valence electrons. The number of rotatable bonds is 2. The van der Waals surface area contributed by atoms with Crippen LogP contribution in [0.4, 0.5) is 0 Å². The molecule has 0 unspecified atom stereocenters. The quantitative estimate of drug-likeness (QED) is 0.608. The van der Waals surface area contributed by atoms with Gasteiger partial charge in [-0.3, -0.25) is 4.68 Å². The molecule has 1 heterocycles. The average Bonchev–Trinajstić information content (AvgIpc) is 2.34. The van der Waals surface area contributed by atoms with Gasteiger partial charge in [0.15, 0.2) is 0 Å². The molecule has 0 saturated carbocycles. The van der Waals surface area contributed by atoms with Crippen molar-refractivity contribution in [2.45, 2.75) is 26.3 Å². The van der Waals surface area contributed by atoms with Crippen molar-refractivity contribution >= 4 is 0 Å². The van der Waals surface area contributed by atoms with E-state index in [1.165, 1.54) is 5.56 Å². The monoisotopic (exact) mass is 137 g/mol. The van der Waals surface area contributed by atoms with Gasteiger partial charge in [0.1, 0.15) is 0 Å². The number of nitrogens with zero attached hydrogens (tertiary/aromatic N) is 2. The van der Waals surface area contributed by atoms with Crippen molar-refractivity contribution in [3.63, 3.8) is 0 Å². The van der Waals surface area contributed by atoms with E-state index in [9.17, 15) is 0 Å². The average molecular weight is 137 g/mol. The standard InChI is InChI=1S/C8H13N2/c1-4-8-5-9-10(6-8)7(2)3/h5-7H,1,4H2,2-3H3. The smallest absolute Gasteiger partial charge is 0.0521 e. The summed E-state index contributed by atoms with van der Waals surface area (Å²) < 4.78 is 1.94. The summed E-state index contributed by atoms with van der Waals surface area (Å²) in [6, 6.07) is 0.459. The lowest BCUT2D eigenvalue weighted by atomic mass is 10.3. The van der Waals surface area contributed by atoms with E-state index in [0.717, 1.165) is 6.42 Å². The van der Waals surface area contributed by atoms with E-state index < -0.39 is 0 Å². The Balaban J connectivity index is 2.78. The molecule has 0 aromatic carbocycles. The van der Waals surface area contributed by atoms with Crippen molar-refractivity contribution in [3.05, 3.63) is 24.9 Å². The van der Waals surface area contributed by atoms with Gasteiger partial charge in [0.2, 0.25) is 0 Å². The van der Waals surface area contributed by atoms with Gasteiger partial charge in [0, 0.05) is 12.2 Å². The molecule has 0 aliphatic rings. The van der Waals surface area contributed by atoms with E-state index in [1.54, 1.807) is 0 Å². The van der Waals surface area contributed by atoms with Crippen LogP contribution in [0.2, 0.25) is 0 Å². The molecular formula is C8H13N2. The Labute approximate surface area is 61.9 Å². The van der Waals surface area contributed by atoms with Gasteiger partial charge in [-0.1, -0.05) is 0 Å². The highest BCUT2D eigenvalue weighted by Gasteiger charge is 1.98. The van der Waals surface area contributed by atoms with E-state index >= 15 is 0 Å². The first-order valence-electron chi connectivity index (χ1n) is 3.56. The van der Waals surface area contributed by atoms with Crippen LogP contribution >= 0.6 is 0 Å². The Morgan fingerprint density at radius 1 is 1.70 bits per heavy atom. The van der Waals surface area contributed by atoms with Gasteiger partial charge in [-0.05, 0) is 32.8 Å². The van der Waals surface area contributed by atoms with Crippen molar-refractivity contribution in [1.29, 1.82) is 0 Å². The zero-order valence-corrected chi connectivity index (χ0v) is 6.54. The van der Waals surface area contributed by atoms with Crippen LogP contribution in [0.25, 0.3) is 0 Å². The largest absolute Gasteiger partial charge is 0.270 e. The first-order chi connectivity index (χ1) is 4.74. The highest BCUT2D eigenvalue weighted by Crippen LogP contribution is 2.04. The molecule has 0 saturated heterocycles. The van der Waals surface area contributed by atoms with Crippen molar-refractivity contribution in [3.8, 4) is 0 Å². The van der Waals surface area contributed by atoms with E-state index in [2.05, 4.69) is 25.9 Å².